The zero-order valence-corrected chi connectivity index (χ0v) is 10.1. The van der Waals surface area contributed by atoms with Crippen molar-refractivity contribution >= 4 is 11.5 Å². The summed E-state index contributed by atoms with van der Waals surface area (Å²) >= 11 is 0. The fourth-order valence-corrected chi connectivity index (χ4v) is 2.34. The van der Waals surface area contributed by atoms with Gasteiger partial charge in [0.2, 0.25) is 0 Å². The summed E-state index contributed by atoms with van der Waals surface area (Å²) in [6, 6.07) is 0. The quantitative estimate of drug-likeness (QED) is 0.800. The van der Waals surface area contributed by atoms with Crippen molar-refractivity contribution in [3.05, 3.63) is 10.6 Å². The van der Waals surface area contributed by atoms with Gasteiger partial charge in [0.1, 0.15) is 0 Å². The molecular weight excluding hydrogens is 204 g/mol. The van der Waals surface area contributed by atoms with Gasteiger partial charge in [-0.05, 0) is 24.9 Å². The molecule has 0 aliphatic carbocycles. The number of fused-ring (bicyclic) bond motifs is 1. The van der Waals surface area contributed by atoms with Crippen molar-refractivity contribution in [2.45, 2.75) is 40.2 Å². The Balaban J connectivity index is 2.38. The summed E-state index contributed by atoms with van der Waals surface area (Å²) in [5.41, 5.74) is 1.42. The SMILES string of the molecule is CCC1(CC)CNc2c(N=O)c(C)nn2C1. The molecule has 0 saturated heterocycles. The van der Waals surface area contributed by atoms with Crippen molar-refractivity contribution < 1.29 is 0 Å². The Hall–Kier alpha value is -1.39. The van der Waals surface area contributed by atoms with Crippen LogP contribution in [0.15, 0.2) is 5.18 Å². The van der Waals surface area contributed by atoms with E-state index in [1.807, 2.05) is 11.6 Å². The maximum Gasteiger partial charge on any atom is 0.172 e. The van der Waals surface area contributed by atoms with Gasteiger partial charge in [-0.2, -0.15) is 5.10 Å². The van der Waals surface area contributed by atoms with Crippen molar-refractivity contribution in [3.8, 4) is 0 Å². The predicted octanol–water partition coefficient (Wildman–Crippen LogP) is 2.82. The minimum Gasteiger partial charge on any atom is -0.368 e. The molecule has 0 unspecified atom stereocenters. The fraction of sp³-hybridized carbons (Fsp3) is 0.727. The minimum atomic E-state index is 0.256. The summed E-state index contributed by atoms with van der Waals surface area (Å²) in [6.45, 7) is 7.99. The number of aromatic nitrogens is 2. The Morgan fingerprint density at radius 1 is 1.50 bits per heavy atom. The molecule has 0 aromatic carbocycles. The second kappa shape index (κ2) is 3.88. The Kier molecular flexibility index (Phi) is 2.69. The van der Waals surface area contributed by atoms with E-state index in [-0.39, 0.29) is 5.41 Å². The highest BCUT2D eigenvalue weighted by atomic mass is 16.3. The summed E-state index contributed by atoms with van der Waals surface area (Å²) in [4.78, 5) is 10.7. The zero-order chi connectivity index (χ0) is 11.8. The molecule has 16 heavy (non-hydrogen) atoms. The van der Waals surface area contributed by atoms with E-state index in [4.69, 9.17) is 0 Å². The molecule has 88 valence electrons. The van der Waals surface area contributed by atoms with Gasteiger partial charge < -0.3 is 5.32 Å². The average Bonchev–Trinajstić information content (AvgIpc) is 2.62. The smallest absolute Gasteiger partial charge is 0.172 e. The summed E-state index contributed by atoms with van der Waals surface area (Å²) in [5.74, 6) is 0.782. The monoisotopic (exact) mass is 222 g/mol. The standard InChI is InChI=1S/C11H18N4O/c1-4-11(5-2)6-12-10-9(14-16)8(3)13-15(10)7-11/h12H,4-7H2,1-3H3. The Bertz CT molecular complexity index is 406. The van der Waals surface area contributed by atoms with Crippen LogP contribution in [-0.4, -0.2) is 16.3 Å². The van der Waals surface area contributed by atoms with Crippen molar-refractivity contribution in [3.63, 3.8) is 0 Å². The third-order valence-electron chi connectivity index (χ3n) is 3.80. The number of hydrogen-bond acceptors (Lipinski definition) is 4. The lowest BCUT2D eigenvalue weighted by Crippen LogP contribution is -2.38. The van der Waals surface area contributed by atoms with E-state index in [1.165, 1.54) is 0 Å². The number of anilines is 1. The van der Waals surface area contributed by atoms with Gasteiger partial charge in [0.25, 0.3) is 0 Å². The van der Waals surface area contributed by atoms with Crippen molar-refractivity contribution in [2.24, 2.45) is 10.6 Å². The van der Waals surface area contributed by atoms with Crippen LogP contribution in [0.2, 0.25) is 0 Å². The average molecular weight is 222 g/mol. The van der Waals surface area contributed by atoms with E-state index in [9.17, 15) is 4.91 Å². The first kappa shape index (κ1) is 11.1. The third kappa shape index (κ3) is 1.50. The summed E-state index contributed by atoms with van der Waals surface area (Å²) < 4.78 is 1.89. The number of aryl methyl sites for hydroxylation is 1. The topological polar surface area (TPSA) is 59.3 Å². The number of rotatable bonds is 3. The number of hydrogen-bond donors (Lipinski definition) is 1. The van der Waals surface area contributed by atoms with E-state index in [0.29, 0.717) is 11.4 Å². The van der Waals surface area contributed by atoms with Crippen LogP contribution < -0.4 is 5.32 Å². The van der Waals surface area contributed by atoms with Crippen LogP contribution in [0.1, 0.15) is 32.4 Å². The number of nitroso groups, excluding NO2 is 1. The van der Waals surface area contributed by atoms with Crippen LogP contribution in [0.3, 0.4) is 0 Å². The molecular formula is C11H18N4O. The molecule has 0 bridgehead atoms. The van der Waals surface area contributed by atoms with E-state index >= 15 is 0 Å². The van der Waals surface area contributed by atoms with Gasteiger partial charge in [-0.3, -0.25) is 0 Å². The molecule has 5 heteroatoms. The molecule has 5 nitrogen and oxygen atoms in total. The molecule has 0 fully saturated rings. The van der Waals surface area contributed by atoms with Crippen LogP contribution >= 0.6 is 0 Å². The lowest BCUT2D eigenvalue weighted by atomic mass is 9.81. The largest absolute Gasteiger partial charge is 0.368 e. The van der Waals surface area contributed by atoms with Crippen LogP contribution in [0.25, 0.3) is 0 Å². The van der Waals surface area contributed by atoms with E-state index in [0.717, 1.165) is 31.7 Å². The summed E-state index contributed by atoms with van der Waals surface area (Å²) in [5, 5.41) is 10.7. The molecule has 0 radical (unpaired) electrons. The van der Waals surface area contributed by atoms with Gasteiger partial charge in [0.15, 0.2) is 11.5 Å². The molecule has 1 N–H and O–H groups in total. The summed E-state index contributed by atoms with van der Waals surface area (Å²) in [6.07, 6.45) is 2.22. The van der Waals surface area contributed by atoms with Crippen LogP contribution in [0, 0.1) is 17.2 Å². The third-order valence-corrected chi connectivity index (χ3v) is 3.80. The van der Waals surface area contributed by atoms with Gasteiger partial charge in [-0.1, -0.05) is 13.8 Å². The highest BCUT2D eigenvalue weighted by Crippen LogP contribution is 2.38. The lowest BCUT2D eigenvalue weighted by Gasteiger charge is -2.36. The molecule has 1 aliphatic heterocycles. The van der Waals surface area contributed by atoms with Gasteiger partial charge in [-0.25, -0.2) is 4.68 Å². The van der Waals surface area contributed by atoms with Gasteiger partial charge in [0, 0.05) is 12.0 Å². The first-order valence-corrected chi connectivity index (χ1v) is 5.80. The van der Waals surface area contributed by atoms with Crippen molar-refractivity contribution in [2.75, 3.05) is 11.9 Å². The molecule has 1 aromatic heterocycles. The van der Waals surface area contributed by atoms with Gasteiger partial charge in [-0.15, -0.1) is 4.91 Å². The minimum absolute atomic E-state index is 0.256. The van der Waals surface area contributed by atoms with E-state index < -0.39 is 0 Å². The number of nitrogens with one attached hydrogen (secondary N) is 1. The zero-order valence-electron chi connectivity index (χ0n) is 10.1. The molecule has 1 aromatic rings. The maximum atomic E-state index is 10.7. The Morgan fingerprint density at radius 2 is 2.19 bits per heavy atom. The maximum absolute atomic E-state index is 10.7. The number of nitrogens with zero attached hydrogens (tertiary/aromatic N) is 3. The normalized spacial score (nSPS) is 17.7. The van der Waals surface area contributed by atoms with Gasteiger partial charge >= 0.3 is 0 Å². The fourth-order valence-electron chi connectivity index (χ4n) is 2.34. The Morgan fingerprint density at radius 3 is 2.75 bits per heavy atom. The predicted molar refractivity (Wildman–Crippen MR) is 63.9 cm³/mol. The molecule has 0 atom stereocenters. The molecule has 0 saturated carbocycles. The van der Waals surface area contributed by atoms with Crippen LogP contribution in [0.4, 0.5) is 11.5 Å². The van der Waals surface area contributed by atoms with Crippen molar-refractivity contribution in [1.82, 2.24) is 9.78 Å². The van der Waals surface area contributed by atoms with Crippen molar-refractivity contribution in [1.29, 1.82) is 0 Å². The van der Waals surface area contributed by atoms with E-state index in [2.05, 4.69) is 29.4 Å². The summed E-state index contributed by atoms with van der Waals surface area (Å²) in [7, 11) is 0. The molecule has 0 spiro atoms. The van der Waals surface area contributed by atoms with E-state index in [1.54, 1.807) is 0 Å². The molecule has 1 aliphatic rings. The molecule has 2 heterocycles. The second-order valence-corrected chi connectivity index (χ2v) is 4.59. The Labute approximate surface area is 95.2 Å². The lowest BCUT2D eigenvalue weighted by molar-refractivity contribution is 0.214. The second-order valence-electron chi connectivity index (χ2n) is 4.59. The first-order valence-electron chi connectivity index (χ1n) is 5.80. The first-order chi connectivity index (χ1) is 7.65. The van der Waals surface area contributed by atoms with Crippen LogP contribution in [-0.2, 0) is 6.54 Å². The molecule has 0 amide bonds. The van der Waals surface area contributed by atoms with Crippen LogP contribution in [0.5, 0.6) is 0 Å². The van der Waals surface area contributed by atoms with Gasteiger partial charge in [0.05, 0.1) is 12.2 Å². The highest BCUT2D eigenvalue weighted by Gasteiger charge is 2.33. The highest BCUT2D eigenvalue weighted by molar-refractivity contribution is 5.64. The molecule has 2 rings (SSSR count).